The fraction of sp³-hybridized carbons (Fsp3) is 0.615. The minimum atomic E-state index is -0.846. The first-order valence-electron chi connectivity index (χ1n) is 6.55. The first-order chi connectivity index (χ1) is 9.08. The van der Waals surface area contributed by atoms with Gasteiger partial charge in [0.1, 0.15) is 0 Å². The van der Waals surface area contributed by atoms with E-state index in [1.807, 2.05) is 0 Å². The second-order valence-corrected chi connectivity index (χ2v) is 5.00. The molecule has 1 amide bonds. The summed E-state index contributed by atoms with van der Waals surface area (Å²) in [4.78, 5) is 23.2. The summed E-state index contributed by atoms with van der Waals surface area (Å²) in [5, 5.41) is 15.7. The van der Waals surface area contributed by atoms with Gasteiger partial charge in [-0.25, -0.2) is 0 Å². The Balaban J connectivity index is 2.06. The standard InChI is InChI=1S/C13H18N2O4/c1-8-7-11(19-15-8)12(16)14-10-6-4-2-3-5-9(10)13(17)18/h7,9-10H,2-6H2,1H3,(H,14,16)(H,17,18). The Morgan fingerprint density at radius 3 is 2.74 bits per heavy atom. The van der Waals surface area contributed by atoms with Gasteiger partial charge < -0.3 is 14.9 Å². The number of nitrogens with one attached hydrogen (secondary N) is 1. The smallest absolute Gasteiger partial charge is 0.308 e. The number of nitrogens with zero attached hydrogens (tertiary/aromatic N) is 1. The topological polar surface area (TPSA) is 92.4 Å². The van der Waals surface area contributed by atoms with Gasteiger partial charge in [0.2, 0.25) is 5.76 Å². The molecule has 1 heterocycles. The zero-order valence-electron chi connectivity index (χ0n) is 10.9. The van der Waals surface area contributed by atoms with E-state index in [1.165, 1.54) is 0 Å². The van der Waals surface area contributed by atoms with E-state index >= 15 is 0 Å². The zero-order chi connectivity index (χ0) is 13.8. The predicted octanol–water partition coefficient (Wildman–Crippen LogP) is 1.75. The Morgan fingerprint density at radius 1 is 1.37 bits per heavy atom. The van der Waals surface area contributed by atoms with E-state index in [4.69, 9.17) is 4.52 Å². The molecule has 6 nitrogen and oxygen atoms in total. The van der Waals surface area contributed by atoms with Crippen molar-refractivity contribution >= 4 is 11.9 Å². The summed E-state index contributed by atoms with van der Waals surface area (Å²) in [5.74, 6) is -1.62. The normalized spacial score (nSPS) is 23.6. The van der Waals surface area contributed by atoms with Gasteiger partial charge in [-0.15, -0.1) is 0 Å². The van der Waals surface area contributed by atoms with E-state index < -0.39 is 17.8 Å². The number of carboxylic acid groups (broad SMARTS) is 1. The average molecular weight is 266 g/mol. The average Bonchev–Trinajstić information content (AvgIpc) is 2.65. The maximum atomic E-state index is 12.0. The molecule has 2 N–H and O–H groups in total. The van der Waals surface area contributed by atoms with E-state index in [2.05, 4.69) is 10.5 Å². The Bertz CT molecular complexity index is 469. The molecule has 0 spiro atoms. The summed E-state index contributed by atoms with van der Waals surface area (Å²) in [6.07, 6.45) is 4.14. The molecule has 1 aliphatic carbocycles. The molecule has 0 bridgehead atoms. The summed E-state index contributed by atoms with van der Waals surface area (Å²) in [5.41, 5.74) is 0.626. The lowest BCUT2D eigenvalue weighted by atomic mass is 9.95. The summed E-state index contributed by atoms with van der Waals surface area (Å²) in [7, 11) is 0. The van der Waals surface area contributed by atoms with Crippen molar-refractivity contribution in [3.63, 3.8) is 0 Å². The van der Waals surface area contributed by atoms with E-state index in [9.17, 15) is 14.7 Å². The summed E-state index contributed by atoms with van der Waals surface area (Å²) >= 11 is 0. The molecule has 0 radical (unpaired) electrons. The van der Waals surface area contributed by atoms with E-state index in [1.54, 1.807) is 13.0 Å². The monoisotopic (exact) mass is 266 g/mol. The number of hydrogen-bond acceptors (Lipinski definition) is 4. The Labute approximate surface area is 111 Å². The Hall–Kier alpha value is -1.85. The van der Waals surface area contributed by atoms with Crippen LogP contribution in [0, 0.1) is 12.8 Å². The molecular formula is C13H18N2O4. The number of aromatic nitrogens is 1. The van der Waals surface area contributed by atoms with Crippen LogP contribution in [-0.4, -0.2) is 28.2 Å². The molecule has 1 saturated carbocycles. The zero-order valence-corrected chi connectivity index (χ0v) is 10.9. The molecule has 1 aromatic heterocycles. The lowest BCUT2D eigenvalue weighted by Gasteiger charge is -2.22. The number of carboxylic acids is 1. The second kappa shape index (κ2) is 5.86. The van der Waals surface area contributed by atoms with Crippen molar-refractivity contribution in [2.75, 3.05) is 0 Å². The highest BCUT2D eigenvalue weighted by molar-refractivity contribution is 5.92. The minimum Gasteiger partial charge on any atom is -0.481 e. The third kappa shape index (κ3) is 3.33. The van der Waals surface area contributed by atoms with Crippen LogP contribution in [0.4, 0.5) is 0 Å². The van der Waals surface area contributed by atoms with Crippen LogP contribution in [-0.2, 0) is 4.79 Å². The molecule has 1 fully saturated rings. The highest BCUT2D eigenvalue weighted by atomic mass is 16.5. The number of hydrogen-bond donors (Lipinski definition) is 2. The number of aliphatic carboxylic acids is 1. The SMILES string of the molecule is Cc1cc(C(=O)NC2CCCCCC2C(=O)O)on1. The fourth-order valence-electron chi connectivity index (χ4n) is 2.49. The molecule has 1 aromatic rings. The Kier molecular flexibility index (Phi) is 4.19. The van der Waals surface area contributed by atoms with Crippen LogP contribution in [0.25, 0.3) is 0 Å². The van der Waals surface area contributed by atoms with Gasteiger partial charge in [0, 0.05) is 12.1 Å². The molecule has 2 atom stereocenters. The van der Waals surface area contributed by atoms with Gasteiger partial charge in [-0.3, -0.25) is 9.59 Å². The number of aryl methyl sites for hydroxylation is 1. The first kappa shape index (κ1) is 13.6. The number of carbonyl (C=O) groups is 2. The van der Waals surface area contributed by atoms with Crippen LogP contribution in [0.15, 0.2) is 10.6 Å². The van der Waals surface area contributed by atoms with Crippen LogP contribution < -0.4 is 5.32 Å². The van der Waals surface area contributed by atoms with Crippen LogP contribution in [0.5, 0.6) is 0 Å². The Morgan fingerprint density at radius 2 is 2.11 bits per heavy atom. The second-order valence-electron chi connectivity index (χ2n) is 5.00. The van der Waals surface area contributed by atoms with Gasteiger partial charge >= 0.3 is 5.97 Å². The van der Waals surface area contributed by atoms with Crippen molar-refractivity contribution < 1.29 is 19.2 Å². The lowest BCUT2D eigenvalue weighted by Crippen LogP contribution is -2.42. The maximum Gasteiger partial charge on any atom is 0.308 e. The van der Waals surface area contributed by atoms with Crippen molar-refractivity contribution in [1.29, 1.82) is 0 Å². The predicted molar refractivity (Wildman–Crippen MR) is 66.7 cm³/mol. The fourth-order valence-corrected chi connectivity index (χ4v) is 2.49. The van der Waals surface area contributed by atoms with Crippen molar-refractivity contribution in [2.45, 2.75) is 45.1 Å². The molecule has 0 aromatic carbocycles. The summed E-state index contributed by atoms with van der Waals surface area (Å²) < 4.78 is 4.89. The van der Waals surface area contributed by atoms with Crippen LogP contribution in [0.3, 0.4) is 0 Å². The number of carbonyl (C=O) groups excluding carboxylic acids is 1. The van der Waals surface area contributed by atoms with Gasteiger partial charge in [-0.05, 0) is 19.8 Å². The molecule has 2 rings (SSSR count). The largest absolute Gasteiger partial charge is 0.481 e. The molecule has 19 heavy (non-hydrogen) atoms. The van der Waals surface area contributed by atoms with Crippen molar-refractivity contribution in [3.8, 4) is 0 Å². The maximum absolute atomic E-state index is 12.0. The third-order valence-electron chi connectivity index (χ3n) is 3.50. The summed E-state index contributed by atoms with van der Waals surface area (Å²) in [6, 6.07) is 1.21. The van der Waals surface area contributed by atoms with E-state index in [0.717, 1.165) is 19.3 Å². The minimum absolute atomic E-state index is 0.130. The quantitative estimate of drug-likeness (QED) is 0.813. The number of amides is 1. The molecule has 0 saturated heterocycles. The van der Waals surface area contributed by atoms with Crippen molar-refractivity contribution in [2.24, 2.45) is 5.92 Å². The van der Waals surface area contributed by atoms with Gasteiger partial charge in [-0.1, -0.05) is 24.4 Å². The molecular weight excluding hydrogens is 248 g/mol. The van der Waals surface area contributed by atoms with E-state index in [0.29, 0.717) is 18.5 Å². The van der Waals surface area contributed by atoms with Crippen LogP contribution in [0.1, 0.15) is 48.4 Å². The van der Waals surface area contributed by atoms with Crippen molar-refractivity contribution in [1.82, 2.24) is 10.5 Å². The highest BCUT2D eigenvalue weighted by Gasteiger charge is 2.31. The van der Waals surface area contributed by atoms with Crippen LogP contribution >= 0.6 is 0 Å². The van der Waals surface area contributed by atoms with Gasteiger partial charge in [0.05, 0.1) is 11.6 Å². The molecule has 1 aliphatic rings. The van der Waals surface area contributed by atoms with Gasteiger partial charge in [0.25, 0.3) is 5.91 Å². The molecule has 2 unspecified atom stereocenters. The van der Waals surface area contributed by atoms with Gasteiger partial charge in [-0.2, -0.15) is 0 Å². The molecule has 104 valence electrons. The molecule has 0 aliphatic heterocycles. The van der Waals surface area contributed by atoms with E-state index in [-0.39, 0.29) is 11.8 Å². The first-order valence-corrected chi connectivity index (χ1v) is 6.55. The van der Waals surface area contributed by atoms with Crippen molar-refractivity contribution in [3.05, 3.63) is 17.5 Å². The summed E-state index contributed by atoms with van der Waals surface area (Å²) in [6.45, 7) is 1.73. The van der Waals surface area contributed by atoms with Gasteiger partial charge in [0.15, 0.2) is 0 Å². The highest BCUT2D eigenvalue weighted by Crippen LogP contribution is 2.24. The molecule has 6 heteroatoms. The third-order valence-corrected chi connectivity index (χ3v) is 3.50. The lowest BCUT2D eigenvalue weighted by molar-refractivity contribution is -0.142. The van der Waals surface area contributed by atoms with Crippen LogP contribution in [0.2, 0.25) is 0 Å². The number of rotatable bonds is 3.